The van der Waals surface area contributed by atoms with Crippen molar-refractivity contribution in [1.82, 2.24) is 9.21 Å². The summed E-state index contributed by atoms with van der Waals surface area (Å²) in [5.74, 6) is 0.366. The van der Waals surface area contributed by atoms with Gasteiger partial charge in [0.1, 0.15) is 5.75 Å². The Hall–Kier alpha value is -2.38. The number of phenols is 1. The molecule has 0 spiro atoms. The summed E-state index contributed by atoms with van der Waals surface area (Å²) >= 11 is 0. The van der Waals surface area contributed by atoms with Gasteiger partial charge in [-0.05, 0) is 46.1 Å². The number of amides is 1. The zero-order valence-electron chi connectivity index (χ0n) is 21.3. The maximum Gasteiger partial charge on any atom is 0.243 e. The molecule has 1 N–H and O–H groups in total. The number of carbonyl (C=O) groups excluding carboxylic acids is 1. The summed E-state index contributed by atoms with van der Waals surface area (Å²) in [6.45, 7) is 13.8. The Labute approximate surface area is 204 Å². The van der Waals surface area contributed by atoms with Gasteiger partial charge in [-0.3, -0.25) is 4.79 Å². The number of benzene rings is 2. The summed E-state index contributed by atoms with van der Waals surface area (Å²) in [5.41, 5.74) is 2.38. The fourth-order valence-electron chi connectivity index (χ4n) is 4.31. The van der Waals surface area contributed by atoms with Crippen molar-refractivity contribution >= 4 is 15.9 Å². The number of hydrogen-bond acceptors (Lipinski definition) is 4. The molecule has 7 heteroatoms. The van der Waals surface area contributed by atoms with Crippen molar-refractivity contribution in [3.05, 3.63) is 59.2 Å². The maximum atomic E-state index is 12.9. The molecule has 2 aromatic carbocycles. The van der Waals surface area contributed by atoms with E-state index in [1.807, 2.05) is 12.1 Å². The molecule has 1 fully saturated rings. The van der Waals surface area contributed by atoms with E-state index in [-0.39, 0.29) is 21.6 Å². The monoisotopic (exact) mass is 486 g/mol. The second kappa shape index (κ2) is 9.70. The van der Waals surface area contributed by atoms with Gasteiger partial charge in [-0.25, -0.2) is 8.42 Å². The topological polar surface area (TPSA) is 77.9 Å². The van der Waals surface area contributed by atoms with Crippen LogP contribution in [0.4, 0.5) is 0 Å². The quantitative estimate of drug-likeness (QED) is 0.677. The van der Waals surface area contributed by atoms with Crippen LogP contribution in [-0.2, 0) is 32.1 Å². The van der Waals surface area contributed by atoms with E-state index in [0.29, 0.717) is 44.8 Å². The lowest BCUT2D eigenvalue weighted by atomic mass is 9.78. The molecule has 1 heterocycles. The smallest absolute Gasteiger partial charge is 0.243 e. The molecule has 0 saturated carbocycles. The zero-order chi connectivity index (χ0) is 25.3. The number of rotatable bonds is 5. The highest BCUT2D eigenvalue weighted by Gasteiger charge is 2.30. The Kier molecular flexibility index (Phi) is 7.48. The van der Waals surface area contributed by atoms with Gasteiger partial charge in [0.2, 0.25) is 15.9 Å². The lowest BCUT2D eigenvalue weighted by Gasteiger charge is -2.34. The number of aryl methyl sites for hydroxylation is 1. The summed E-state index contributed by atoms with van der Waals surface area (Å²) in [6, 6.07) is 12.5. The van der Waals surface area contributed by atoms with E-state index in [4.69, 9.17) is 0 Å². The van der Waals surface area contributed by atoms with Crippen LogP contribution in [0.25, 0.3) is 0 Å². The Bertz CT molecular complexity index is 1090. The normalized spacial score (nSPS) is 16.0. The van der Waals surface area contributed by atoms with Crippen molar-refractivity contribution in [3.63, 3.8) is 0 Å². The van der Waals surface area contributed by atoms with E-state index in [9.17, 15) is 18.3 Å². The standard InChI is InChI=1S/C27H38N2O4S/c1-26(2,3)22-18-20(19-23(25(22)31)27(4,5)6)12-13-24(30)28-14-16-29(17-15-28)34(32,33)21-10-8-7-9-11-21/h7-11,18-19,31H,12-17H2,1-6H3. The van der Waals surface area contributed by atoms with Crippen LogP contribution in [0.3, 0.4) is 0 Å². The average Bonchev–Trinajstić information content (AvgIpc) is 2.77. The van der Waals surface area contributed by atoms with Gasteiger partial charge in [-0.1, -0.05) is 71.9 Å². The van der Waals surface area contributed by atoms with Crippen LogP contribution in [0.15, 0.2) is 47.4 Å². The van der Waals surface area contributed by atoms with Crippen LogP contribution >= 0.6 is 0 Å². The Morgan fingerprint density at radius 2 is 1.38 bits per heavy atom. The number of nitrogens with zero attached hydrogens (tertiary/aromatic N) is 2. The first-order chi connectivity index (χ1) is 15.7. The van der Waals surface area contributed by atoms with E-state index in [0.717, 1.165) is 16.7 Å². The van der Waals surface area contributed by atoms with Crippen LogP contribution in [0.1, 0.15) is 64.7 Å². The molecule has 0 bridgehead atoms. The summed E-state index contributed by atoms with van der Waals surface area (Å²) in [5, 5.41) is 10.9. The first-order valence-electron chi connectivity index (χ1n) is 11.9. The maximum absolute atomic E-state index is 12.9. The second-order valence-corrected chi connectivity index (χ2v) is 13.1. The van der Waals surface area contributed by atoms with E-state index in [1.165, 1.54) is 4.31 Å². The number of phenolic OH excluding ortho intramolecular Hbond substituents is 1. The van der Waals surface area contributed by atoms with Crippen molar-refractivity contribution in [2.75, 3.05) is 26.2 Å². The molecule has 1 amide bonds. The van der Waals surface area contributed by atoms with Gasteiger partial charge in [0.05, 0.1) is 4.90 Å². The molecule has 0 atom stereocenters. The van der Waals surface area contributed by atoms with Gasteiger partial charge in [0.15, 0.2) is 0 Å². The molecule has 0 aliphatic carbocycles. The highest BCUT2D eigenvalue weighted by molar-refractivity contribution is 7.89. The molecule has 1 saturated heterocycles. The van der Waals surface area contributed by atoms with Crippen LogP contribution in [0, 0.1) is 0 Å². The number of hydrogen-bond donors (Lipinski definition) is 1. The van der Waals surface area contributed by atoms with E-state index in [2.05, 4.69) is 41.5 Å². The minimum absolute atomic E-state index is 0.0273. The van der Waals surface area contributed by atoms with Crippen LogP contribution in [0.2, 0.25) is 0 Å². The van der Waals surface area contributed by atoms with Crippen molar-refractivity contribution in [2.45, 2.75) is 70.1 Å². The Morgan fingerprint density at radius 1 is 0.882 bits per heavy atom. The lowest BCUT2D eigenvalue weighted by molar-refractivity contribution is -0.132. The molecular weight excluding hydrogens is 448 g/mol. The molecule has 186 valence electrons. The number of aromatic hydroxyl groups is 1. The summed E-state index contributed by atoms with van der Waals surface area (Å²) in [7, 11) is -3.54. The molecule has 0 radical (unpaired) electrons. The third-order valence-electron chi connectivity index (χ3n) is 6.39. The van der Waals surface area contributed by atoms with Crippen LogP contribution in [0.5, 0.6) is 5.75 Å². The third-order valence-corrected chi connectivity index (χ3v) is 8.30. The first-order valence-corrected chi connectivity index (χ1v) is 13.3. The first kappa shape index (κ1) is 26.2. The van der Waals surface area contributed by atoms with Gasteiger partial charge in [0.25, 0.3) is 0 Å². The van der Waals surface area contributed by atoms with Gasteiger partial charge in [-0.2, -0.15) is 4.31 Å². The van der Waals surface area contributed by atoms with E-state index < -0.39 is 10.0 Å². The molecule has 0 unspecified atom stereocenters. The molecule has 6 nitrogen and oxygen atoms in total. The minimum Gasteiger partial charge on any atom is -0.507 e. The highest BCUT2D eigenvalue weighted by atomic mass is 32.2. The number of sulfonamides is 1. The highest BCUT2D eigenvalue weighted by Crippen LogP contribution is 2.40. The Balaban J connectivity index is 1.67. The largest absolute Gasteiger partial charge is 0.507 e. The molecule has 1 aliphatic heterocycles. The molecule has 3 rings (SSSR count). The molecule has 34 heavy (non-hydrogen) atoms. The predicted molar refractivity (Wildman–Crippen MR) is 136 cm³/mol. The Morgan fingerprint density at radius 3 is 1.85 bits per heavy atom. The fourth-order valence-corrected chi connectivity index (χ4v) is 5.75. The summed E-state index contributed by atoms with van der Waals surface area (Å²) in [6.07, 6.45) is 0.928. The molecule has 0 aromatic heterocycles. The number of carbonyl (C=O) groups is 1. The van der Waals surface area contributed by atoms with Crippen molar-refractivity contribution in [3.8, 4) is 5.75 Å². The molecule has 2 aromatic rings. The summed E-state index contributed by atoms with van der Waals surface area (Å²) in [4.78, 5) is 15.0. The van der Waals surface area contributed by atoms with Crippen molar-refractivity contribution in [2.24, 2.45) is 0 Å². The average molecular weight is 487 g/mol. The molecular formula is C27H38N2O4S. The lowest BCUT2D eigenvalue weighted by Crippen LogP contribution is -2.50. The van der Waals surface area contributed by atoms with Gasteiger partial charge in [0, 0.05) is 32.6 Å². The van der Waals surface area contributed by atoms with E-state index >= 15 is 0 Å². The third kappa shape index (κ3) is 5.81. The summed E-state index contributed by atoms with van der Waals surface area (Å²) < 4.78 is 27.1. The van der Waals surface area contributed by atoms with E-state index in [1.54, 1.807) is 35.2 Å². The van der Waals surface area contributed by atoms with Crippen LogP contribution < -0.4 is 0 Å². The predicted octanol–water partition coefficient (Wildman–Crippen LogP) is 4.45. The fraction of sp³-hybridized carbons (Fsp3) is 0.519. The van der Waals surface area contributed by atoms with Gasteiger partial charge in [-0.15, -0.1) is 0 Å². The van der Waals surface area contributed by atoms with Crippen molar-refractivity contribution < 1.29 is 18.3 Å². The second-order valence-electron chi connectivity index (χ2n) is 11.1. The zero-order valence-corrected chi connectivity index (χ0v) is 22.1. The number of piperazine rings is 1. The SMILES string of the molecule is CC(C)(C)c1cc(CCC(=O)N2CCN(S(=O)(=O)c3ccccc3)CC2)cc(C(C)(C)C)c1O. The van der Waals surface area contributed by atoms with Crippen molar-refractivity contribution in [1.29, 1.82) is 0 Å². The van der Waals surface area contributed by atoms with Gasteiger partial charge >= 0.3 is 0 Å². The van der Waals surface area contributed by atoms with Gasteiger partial charge < -0.3 is 10.0 Å². The molecule has 1 aliphatic rings. The van der Waals surface area contributed by atoms with Crippen LogP contribution in [-0.4, -0.2) is 54.8 Å². The minimum atomic E-state index is -3.54.